The first kappa shape index (κ1) is 16.8. The van der Waals surface area contributed by atoms with Gasteiger partial charge in [-0.15, -0.1) is 6.58 Å². The molecule has 0 unspecified atom stereocenters. The van der Waals surface area contributed by atoms with Crippen molar-refractivity contribution in [1.29, 1.82) is 0 Å². The Labute approximate surface area is 120 Å². The van der Waals surface area contributed by atoms with Crippen LogP contribution in [0.15, 0.2) is 29.7 Å². The van der Waals surface area contributed by atoms with Gasteiger partial charge in [-0.1, -0.05) is 12.1 Å². The van der Waals surface area contributed by atoms with Crippen molar-refractivity contribution in [2.75, 3.05) is 19.7 Å². The first-order chi connectivity index (χ1) is 9.38. The minimum atomic E-state index is -3.72. The highest BCUT2D eigenvalue weighted by atomic mass is 32.2. The summed E-state index contributed by atoms with van der Waals surface area (Å²) in [5.41, 5.74) is 2.00. The predicted octanol–water partition coefficient (Wildman–Crippen LogP) is 0.965. The van der Waals surface area contributed by atoms with Crippen LogP contribution >= 0.6 is 0 Å². The summed E-state index contributed by atoms with van der Waals surface area (Å²) in [5, 5.41) is 18.2. The number of aliphatic hydroxyl groups is 2. The van der Waals surface area contributed by atoms with Crippen LogP contribution in [0, 0.1) is 13.8 Å². The van der Waals surface area contributed by atoms with Gasteiger partial charge in [0.15, 0.2) is 0 Å². The van der Waals surface area contributed by atoms with Crippen LogP contribution in [0.3, 0.4) is 0 Å². The van der Waals surface area contributed by atoms with Gasteiger partial charge in [-0.3, -0.25) is 0 Å². The molecule has 0 aromatic heterocycles. The van der Waals surface area contributed by atoms with Gasteiger partial charge in [0.05, 0.1) is 18.1 Å². The van der Waals surface area contributed by atoms with Crippen LogP contribution in [-0.2, 0) is 16.6 Å². The summed E-state index contributed by atoms with van der Waals surface area (Å²) in [5.74, 6) is 0. The molecule has 0 heterocycles. The fraction of sp³-hybridized carbons (Fsp3) is 0.429. The lowest BCUT2D eigenvalue weighted by molar-refractivity contribution is 0.260. The first-order valence-electron chi connectivity index (χ1n) is 6.31. The fourth-order valence-electron chi connectivity index (χ4n) is 1.96. The maximum Gasteiger partial charge on any atom is 0.243 e. The summed E-state index contributed by atoms with van der Waals surface area (Å²) in [7, 11) is -3.72. The molecular weight excluding hydrogens is 278 g/mol. The molecule has 0 amide bonds. The van der Waals surface area contributed by atoms with Crippen molar-refractivity contribution in [1.82, 2.24) is 4.31 Å². The van der Waals surface area contributed by atoms with Crippen molar-refractivity contribution in [3.8, 4) is 0 Å². The quantitative estimate of drug-likeness (QED) is 0.735. The largest absolute Gasteiger partial charge is 0.395 e. The van der Waals surface area contributed by atoms with Crippen molar-refractivity contribution in [3.63, 3.8) is 0 Å². The van der Waals surface area contributed by atoms with Crippen molar-refractivity contribution >= 4 is 10.0 Å². The monoisotopic (exact) mass is 299 g/mol. The number of aryl methyl sites for hydroxylation is 1. The maximum absolute atomic E-state index is 12.6. The molecule has 20 heavy (non-hydrogen) atoms. The molecule has 1 rings (SSSR count). The smallest absolute Gasteiger partial charge is 0.243 e. The van der Waals surface area contributed by atoms with E-state index in [4.69, 9.17) is 5.11 Å². The van der Waals surface area contributed by atoms with Gasteiger partial charge in [-0.25, -0.2) is 8.42 Å². The summed E-state index contributed by atoms with van der Waals surface area (Å²) < 4.78 is 26.4. The minimum absolute atomic E-state index is 0.0101. The number of rotatable bonds is 7. The Hall–Kier alpha value is -1.21. The van der Waals surface area contributed by atoms with Crippen LogP contribution in [0.4, 0.5) is 0 Å². The van der Waals surface area contributed by atoms with Gasteiger partial charge < -0.3 is 10.2 Å². The second kappa shape index (κ2) is 6.99. The van der Waals surface area contributed by atoms with Gasteiger partial charge in [-0.2, -0.15) is 4.31 Å². The van der Waals surface area contributed by atoms with Gasteiger partial charge in [-0.05, 0) is 36.6 Å². The second-order valence-corrected chi connectivity index (χ2v) is 6.48. The average molecular weight is 299 g/mol. The van der Waals surface area contributed by atoms with Gasteiger partial charge in [0.25, 0.3) is 0 Å². The van der Waals surface area contributed by atoms with E-state index in [1.165, 1.54) is 16.4 Å². The number of hydrogen-bond donors (Lipinski definition) is 2. The van der Waals surface area contributed by atoms with E-state index >= 15 is 0 Å². The molecule has 0 atom stereocenters. The third kappa shape index (κ3) is 3.46. The van der Waals surface area contributed by atoms with E-state index < -0.39 is 10.0 Å². The average Bonchev–Trinajstić information content (AvgIpc) is 2.41. The van der Waals surface area contributed by atoms with Crippen LogP contribution in [-0.4, -0.2) is 42.6 Å². The standard InChI is InChI=1S/C14H21NO4S/c1-4-5-15(6-7-16)20(18,19)14-9-13(10-17)8-11(2)12(14)3/h4,8-9,16-17H,1,5-7,10H2,2-3H3. The van der Waals surface area contributed by atoms with Gasteiger partial charge in [0.2, 0.25) is 10.0 Å². The topological polar surface area (TPSA) is 77.8 Å². The van der Waals surface area contributed by atoms with Crippen LogP contribution in [0.2, 0.25) is 0 Å². The fourth-order valence-corrected chi connectivity index (χ4v) is 3.71. The summed E-state index contributed by atoms with van der Waals surface area (Å²) in [6, 6.07) is 3.24. The molecule has 1 aromatic rings. The number of hydrogen-bond acceptors (Lipinski definition) is 4. The molecule has 1 aromatic carbocycles. The Balaban J connectivity index is 3.39. The van der Waals surface area contributed by atoms with E-state index in [9.17, 15) is 13.5 Å². The minimum Gasteiger partial charge on any atom is -0.395 e. The Morgan fingerprint density at radius 3 is 2.45 bits per heavy atom. The number of nitrogens with zero attached hydrogens (tertiary/aromatic N) is 1. The van der Waals surface area contributed by atoms with Gasteiger partial charge in [0, 0.05) is 13.1 Å². The highest BCUT2D eigenvalue weighted by Crippen LogP contribution is 2.24. The normalized spacial score (nSPS) is 11.8. The third-order valence-electron chi connectivity index (χ3n) is 3.16. The summed E-state index contributed by atoms with van der Waals surface area (Å²) in [6.45, 7) is 6.73. The molecule has 0 bridgehead atoms. The van der Waals surface area contributed by atoms with E-state index in [0.29, 0.717) is 11.1 Å². The third-order valence-corrected chi connectivity index (χ3v) is 5.15. The second-order valence-electron chi connectivity index (χ2n) is 4.57. The summed E-state index contributed by atoms with van der Waals surface area (Å²) >= 11 is 0. The number of aliphatic hydroxyl groups excluding tert-OH is 2. The zero-order valence-corrected chi connectivity index (χ0v) is 12.7. The molecule has 0 saturated heterocycles. The lowest BCUT2D eigenvalue weighted by atomic mass is 10.1. The van der Waals surface area contributed by atoms with E-state index in [2.05, 4.69) is 6.58 Å². The van der Waals surface area contributed by atoms with Gasteiger partial charge in [0.1, 0.15) is 0 Å². The van der Waals surface area contributed by atoms with Crippen LogP contribution in [0.1, 0.15) is 16.7 Å². The maximum atomic E-state index is 12.6. The molecule has 0 saturated carbocycles. The SMILES string of the molecule is C=CCN(CCO)S(=O)(=O)c1cc(CO)cc(C)c1C. The van der Waals surface area contributed by atoms with E-state index in [1.807, 2.05) is 0 Å². The highest BCUT2D eigenvalue weighted by molar-refractivity contribution is 7.89. The molecule has 2 N–H and O–H groups in total. The van der Waals surface area contributed by atoms with Crippen molar-refractivity contribution < 1.29 is 18.6 Å². The number of benzene rings is 1. The van der Waals surface area contributed by atoms with E-state index in [0.717, 1.165) is 5.56 Å². The molecule has 5 nitrogen and oxygen atoms in total. The lowest BCUT2D eigenvalue weighted by Crippen LogP contribution is -2.34. The molecule has 6 heteroatoms. The first-order valence-corrected chi connectivity index (χ1v) is 7.75. The molecule has 0 radical (unpaired) electrons. The molecule has 0 spiro atoms. The van der Waals surface area contributed by atoms with Crippen molar-refractivity contribution in [3.05, 3.63) is 41.5 Å². The highest BCUT2D eigenvalue weighted by Gasteiger charge is 2.25. The Bertz CT molecular complexity index is 581. The predicted molar refractivity (Wildman–Crippen MR) is 77.9 cm³/mol. The zero-order valence-electron chi connectivity index (χ0n) is 11.8. The molecule has 0 aliphatic rings. The van der Waals surface area contributed by atoms with Crippen LogP contribution in [0.5, 0.6) is 0 Å². The zero-order chi connectivity index (χ0) is 15.3. The summed E-state index contributed by atoms with van der Waals surface area (Å²) in [6.07, 6.45) is 1.48. The van der Waals surface area contributed by atoms with E-state index in [1.54, 1.807) is 19.9 Å². The van der Waals surface area contributed by atoms with Gasteiger partial charge >= 0.3 is 0 Å². The van der Waals surface area contributed by atoms with Crippen molar-refractivity contribution in [2.24, 2.45) is 0 Å². The molecule has 0 aliphatic carbocycles. The molecule has 0 aliphatic heterocycles. The van der Waals surface area contributed by atoms with Crippen LogP contribution in [0.25, 0.3) is 0 Å². The Morgan fingerprint density at radius 1 is 1.30 bits per heavy atom. The Morgan fingerprint density at radius 2 is 1.95 bits per heavy atom. The molecular formula is C14H21NO4S. The summed E-state index contributed by atoms with van der Waals surface area (Å²) in [4.78, 5) is 0.164. The number of sulfonamides is 1. The lowest BCUT2D eigenvalue weighted by Gasteiger charge is -2.22. The molecule has 0 fully saturated rings. The molecule has 112 valence electrons. The Kier molecular flexibility index (Phi) is 5.88. The van der Waals surface area contributed by atoms with Crippen molar-refractivity contribution in [2.45, 2.75) is 25.3 Å². The van der Waals surface area contributed by atoms with Crippen LogP contribution < -0.4 is 0 Å². The van der Waals surface area contributed by atoms with E-state index in [-0.39, 0.29) is 31.2 Å².